The molecule has 0 bridgehead atoms. The highest BCUT2D eigenvalue weighted by molar-refractivity contribution is 5.76. The number of ether oxygens (including phenoxy) is 3. The minimum atomic E-state index is -0.486. The largest absolute Gasteiger partial charge is 0.486 e. The molecule has 0 aliphatic carbocycles. The van der Waals surface area contributed by atoms with Crippen LogP contribution >= 0.6 is 0 Å². The van der Waals surface area contributed by atoms with Crippen LogP contribution in [0.5, 0.6) is 11.5 Å². The lowest BCUT2D eigenvalue weighted by Gasteiger charge is -2.25. The normalized spacial score (nSPS) is 13.4. The zero-order valence-electron chi connectivity index (χ0n) is 18.1. The van der Waals surface area contributed by atoms with Crippen LogP contribution in [-0.2, 0) is 16.1 Å². The van der Waals surface area contributed by atoms with Gasteiger partial charge in [-0.1, -0.05) is 50.2 Å². The predicted octanol–water partition coefficient (Wildman–Crippen LogP) is 3.98. The molecule has 0 fully saturated rings. The van der Waals surface area contributed by atoms with Gasteiger partial charge in [-0.25, -0.2) is 4.79 Å². The highest BCUT2D eigenvalue weighted by atomic mass is 16.6. The quantitative estimate of drug-likeness (QED) is 0.593. The van der Waals surface area contributed by atoms with Crippen LogP contribution < -0.4 is 20.1 Å². The van der Waals surface area contributed by atoms with Crippen molar-refractivity contribution in [2.45, 2.75) is 39.3 Å². The van der Waals surface area contributed by atoms with Crippen molar-refractivity contribution >= 4 is 12.0 Å². The van der Waals surface area contributed by atoms with E-state index in [0.29, 0.717) is 38.3 Å². The summed E-state index contributed by atoms with van der Waals surface area (Å²) in [5, 5.41) is 5.77. The van der Waals surface area contributed by atoms with Crippen molar-refractivity contribution < 1.29 is 23.8 Å². The van der Waals surface area contributed by atoms with E-state index in [0.717, 1.165) is 16.9 Å². The van der Waals surface area contributed by atoms with Gasteiger partial charge in [0.2, 0.25) is 5.91 Å². The predicted molar refractivity (Wildman–Crippen MR) is 117 cm³/mol. The van der Waals surface area contributed by atoms with Gasteiger partial charge in [-0.2, -0.15) is 0 Å². The summed E-state index contributed by atoms with van der Waals surface area (Å²) < 4.78 is 16.4. The first-order chi connectivity index (χ1) is 15.0. The van der Waals surface area contributed by atoms with Gasteiger partial charge in [-0.05, 0) is 35.6 Å². The lowest BCUT2D eigenvalue weighted by molar-refractivity contribution is -0.122. The number of fused-ring (bicyclic) bond motifs is 1. The van der Waals surface area contributed by atoms with Gasteiger partial charge in [0.05, 0.1) is 6.04 Å². The number of hydrogen-bond donors (Lipinski definition) is 2. The van der Waals surface area contributed by atoms with Crippen molar-refractivity contribution in [3.63, 3.8) is 0 Å². The first kappa shape index (κ1) is 22.5. The molecule has 1 atom stereocenters. The number of amides is 2. The van der Waals surface area contributed by atoms with E-state index < -0.39 is 6.09 Å². The van der Waals surface area contributed by atoms with Crippen LogP contribution in [0.1, 0.15) is 43.9 Å². The Morgan fingerprint density at radius 3 is 2.52 bits per heavy atom. The van der Waals surface area contributed by atoms with E-state index >= 15 is 0 Å². The van der Waals surface area contributed by atoms with E-state index in [1.807, 2.05) is 48.5 Å². The number of hydrogen-bond acceptors (Lipinski definition) is 5. The van der Waals surface area contributed by atoms with Crippen molar-refractivity contribution in [1.82, 2.24) is 10.6 Å². The van der Waals surface area contributed by atoms with Crippen LogP contribution in [0.2, 0.25) is 0 Å². The highest BCUT2D eigenvalue weighted by Gasteiger charge is 2.21. The zero-order valence-corrected chi connectivity index (χ0v) is 18.1. The Balaban J connectivity index is 1.40. The summed E-state index contributed by atoms with van der Waals surface area (Å²) in [7, 11) is 0. The van der Waals surface area contributed by atoms with Gasteiger partial charge in [0.25, 0.3) is 0 Å². The minimum Gasteiger partial charge on any atom is -0.486 e. The highest BCUT2D eigenvalue weighted by Crippen LogP contribution is 2.34. The Kier molecular flexibility index (Phi) is 8.15. The second-order valence-electron chi connectivity index (χ2n) is 7.78. The summed E-state index contributed by atoms with van der Waals surface area (Å²) in [6, 6.07) is 15.1. The maximum absolute atomic E-state index is 12.5. The van der Waals surface area contributed by atoms with Crippen molar-refractivity contribution in [2.75, 3.05) is 19.8 Å². The molecule has 0 aromatic heterocycles. The maximum atomic E-state index is 12.5. The van der Waals surface area contributed by atoms with E-state index in [9.17, 15) is 9.59 Å². The second kappa shape index (κ2) is 11.2. The molecule has 0 saturated heterocycles. The molecule has 1 aliphatic rings. The van der Waals surface area contributed by atoms with Crippen LogP contribution in [0.25, 0.3) is 0 Å². The van der Waals surface area contributed by atoms with Gasteiger partial charge < -0.3 is 24.8 Å². The van der Waals surface area contributed by atoms with Crippen LogP contribution in [0.3, 0.4) is 0 Å². The average molecular weight is 427 g/mol. The third-order valence-electron chi connectivity index (χ3n) is 4.97. The SMILES string of the molecule is CC(C)C(NC(=O)CCCNC(=O)OCc1ccccc1)c1ccc2c(c1)OCCO2. The number of nitrogens with one attached hydrogen (secondary N) is 2. The molecular weight excluding hydrogens is 396 g/mol. The summed E-state index contributed by atoms with van der Waals surface area (Å²) in [6.45, 7) is 5.79. The molecule has 1 heterocycles. The molecule has 0 radical (unpaired) electrons. The number of benzene rings is 2. The first-order valence-corrected chi connectivity index (χ1v) is 10.7. The lowest BCUT2D eigenvalue weighted by Crippen LogP contribution is -2.32. The standard InChI is InChI=1S/C24H30N2O5/c1-17(2)23(19-10-11-20-21(15-19)30-14-13-29-20)26-22(27)9-6-12-25-24(28)31-16-18-7-4-3-5-8-18/h3-5,7-8,10-11,15,17,23H,6,9,12-14,16H2,1-2H3,(H,25,28)(H,26,27). The second-order valence-corrected chi connectivity index (χ2v) is 7.78. The summed E-state index contributed by atoms with van der Waals surface area (Å²) in [4.78, 5) is 24.2. The Morgan fingerprint density at radius 1 is 1.03 bits per heavy atom. The Hall–Kier alpha value is -3.22. The molecule has 166 valence electrons. The van der Waals surface area contributed by atoms with Crippen LogP contribution in [0, 0.1) is 5.92 Å². The zero-order chi connectivity index (χ0) is 22.1. The number of alkyl carbamates (subject to hydrolysis) is 1. The smallest absolute Gasteiger partial charge is 0.407 e. The molecule has 1 aliphatic heterocycles. The van der Waals surface area contributed by atoms with Gasteiger partial charge in [0.1, 0.15) is 19.8 Å². The molecule has 2 aromatic carbocycles. The summed E-state index contributed by atoms with van der Waals surface area (Å²) in [6.07, 6.45) is 0.353. The van der Waals surface area contributed by atoms with E-state index in [4.69, 9.17) is 14.2 Å². The van der Waals surface area contributed by atoms with E-state index in [1.54, 1.807) is 0 Å². The topological polar surface area (TPSA) is 85.9 Å². The molecule has 2 aromatic rings. The fourth-order valence-electron chi connectivity index (χ4n) is 3.35. The molecule has 0 spiro atoms. The van der Waals surface area contributed by atoms with Gasteiger partial charge in [0.15, 0.2) is 11.5 Å². The Bertz CT molecular complexity index is 870. The van der Waals surface area contributed by atoms with Gasteiger partial charge in [-0.15, -0.1) is 0 Å². The van der Waals surface area contributed by atoms with Crippen molar-refractivity contribution in [3.8, 4) is 11.5 Å². The summed E-state index contributed by atoms with van der Waals surface area (Å²) >= 11 is 0. The summed E-state index contributed by atoms with van der Waals surface area (Å²) in [5.74, 6) is 1.58. The van der Waals surface area contributed by atoms with Crippen molar-refractivity contribution in [3.05, 3.63) is 59.7 Å². The molecule has 1 unspecified atom stereocenters. The van der Waals surface area contributed by atoms with Gasteiger partial charge in [0, 0.05) is 13.0 Å². The van der Waals surface area contributed by atoms with Gasteiger partial charge >= 0.3 is 6.09 Å². The minimum absolute atomic E-state index is 0.0620. The third-order valence-corrected chi connectivity index (χ3v) is 4.97. The third kappa shape index (κ3) is 6.91. The number of carbonyl (C=O) groups is 2. The molecule has 7 heteroatoms. The van der Waals surface area contributed by atoms with Gasteiger partial charge in [-0.3, -0.25) is 4.79 Å². The maximum Gasteiger partial charge on any atom is 0.407 e. The van der Waals surface area contributed by atoms with Crippen molar-refractivity contribution in [2.24, 2.45) is 5.92 Å². The lowest BCUT2D eigenvalue weighted by atomic mass is 9.95. The Morgan fingerprint density at radius 2 is 1.77 bits per heavy atom. The molecule has 31 heavy (non-hydrogen) atoms. The fraction of sp³-hybridized carbons (Fsp3) is 0.417. The van der Waals surface area contributed by atoms with Crippen LogP contribution in [0.4, 0.5) is 4.79 Å². The van der Waals surface area contributed by atoms with E-state index in [-0.39, 0.29) is 24.5 Å². The van der Waals surface area contributed by atoms with E-state index in [1.165, 1.54) is 0 Å². The molecule has 2 N–H and O–H groups in total. The summed E-state index contributed by atoms with van der Waals surface area (Å²) in [5.41, 5.74) is 1.91. The molecule has 2 amide bonds. The first-order valence-electron chi connectivity index (χ1n) is 10.7. The van der Waals surface area contributed by atoms with Crippen LogP contribution in [-0.4, -0.2) is 31.8 Å². The molecule has 3 rings (SSSR count). The number of carbonyl (C=O) groups excluding carboxylic acids is 2. The van der Waals surface area contributed by atoms with Crippen molar-refractivity contribution in [1.29, 1.82) is 0 Å². The molecule has 7 nitrogen and oxygen atoms in total. The molecule has 0 saturated carbocycles. The van der Waals surface area contributed by atoms with Crippen LogP contribution in [0.15, 0.2) is 48.5 Å². The Labute approximate surface area is 183 Å². The van der Waals surface area contributed by atoms with E-state index in [2.05, 4.69) is 24.5 Å². The average Bonchev–Trinajstić information content (AvgIpc) is 2.79. The number of rotatable bonds is 9. The monoisotopic (exact) mass is 426 g/mol. The fourth-order valence-corrected chi connectivity index (χ4v) is 3.35. The molecular formula is C24H30N2O5.